The predicted molar refractivity (Wildman–Crippen MR) is 72.6 cm³/mol. The maximum absolute atomic E-state index is 13.4. The van der Waals surface area contributed by atoms with E-state index >= 15 is 0 Å². The summed E-state index contributed by atoms with van der Waals surface area (Å²) in [7, 11) is 0. The molecule has 1 heterocycles. The van der Waals surface area contributed by atoms with Gasteiger partial charge >= 0.3 is 0 Å². The van der Waals surface area contributed by atoms with Crippen molar-refractivity contribution in [1.82, 2.24) is 4.98 Å². The summed E-state index contributed by atoms with van der Waals surface area (Å²) in [5.74, 6) is -0.0692. The fourth-order valence-corrected chi connectivity index (χ4v) is 2.03. The molecule has 0 bridgehead atoms. The number of aromatic nitrogens is 1. The molecule has 0 aliphatic carbocycles. The number of nitrogens with two attached hydrogens (primary N) is 1. The molecule has 0 fully saturated rings. The highest BCUT2D eigenvalue weighted by Crippen LogP contribution is 2.34. The van der Waals surface area contributed by atoms with Gasteiger partial charge in [0.1, 0.15) is 11.6 Å². The number of halogens is 3. The molecule has 0 unspecified atom stereocenters. The molecule has 94 valence electrons. The van der Waals surface area contributed by atoms with Gasteiger partial charge < -0.3 is 10.5 Å². The van der Waals surface area contributed by atoms with Gasteiger partial charge in [0.15, 0.2) is 0 Å². The first kappa shape index (κ1) is 13.1. The van der Waals surface area contributed by atoms with Gasteiger partial charge in [0.05, 0.1) is 15.2 Å². The molecule has 0 amide bonds. The summed E-state index contributed by atoms with van der Waals surface area (Å²) >= 11 is 8.88. The molecule has 0 radical (unpaired) electrons. The minimum atomic E-state index is -0.568. The quantitative estimate of drug-likeness (QED) is 0.834. The standard InChI is InChI=1S/C12H9BrClFN2O/c1-6-2-3-10(16)12(17-6)18-11-5-9(15)8(14)4-7(11)13/h2-5H,16H2,1H3. The molecule has 0 saturated carbocycles. The van der Waals surface area contributed by atoms with E-state index in [4.69, 9.17) is 22.1 Å². The van der Waals surface area contributed by atoms with Gasteiger partial charge in [-0.2, -0.15) is 0 Å². The normalized spacial score (nSPS) is 10.4. The summed E-state index contributed by atoms with van der Waals surface area (Å²) in [6, 6.07) is 6.03. The summed E-state index contributed by atoms with van der Waals surface area (Å²) in [5.41, 5.74) is 6.86. The van der Waals surface area contributed by atoms with Crippen LogP contribution in [0.5, 0.6) is 11.6 Å². The summed E-state index contributed by atoms with van der Waals surface area (Å²) in [4.78, 5) is 4.14. The molecular formula is C12H9BrClFN2O. The van der Waals surface area contributed by atoms with Crippen LogP contribution in [0.4, 0.5) is 10.1 Å². The van der Waals surface area contributed by atoms with E-state index in [2.05, 4.69) is 20.9 Å². The van der Waals surface area contributed by atoms with Crippen LogP contribution in [-0.2, 0) is 0 Å². The number of ether oxygens (including phenoxy) is 1. The Hall–Kier alpha value is -1.33. The second-order valence-corrected chi connectivity index (χ2v) is 4.91. The van der Waals surface area contributed by atoms with E-state index in [1.807, 2.05) is 6.92 Å². The predicted octanol–water partition coefficient (Wildman–Crippen LogP) is 4.32. The van der Waals surface area contributed by atoms with Crippen molar-refractivity contribution in [2.75, 3.05) is 5.73 Å². The van der Waals surface area contributed by atoms with Crippen LogP contribution in [0.3, 0.4) is 0 Å². The lowest BCUT2D eigenvalue weighted by Gasteiger charge is -2.10. The molecule has 0 atom stereocenters. The van der Waals surface area contributed by atoms with Crippen LogP contribution in [0.2, 0.25) is 5.02 Å². The molecular weight excluding hydrogens is 322 g/mol. The highest BCUT2D eigenvalue weighted by atomic mass is 79.9. The monoisotopic (exact) mass is 330 g/mol. The van der Waals surface area contributed by atoms with Gasteiger partial charge in [-0.3, -0.25) is 0 Å². The lowest BCUT2D eigenvalue weighted by molar-refractivity contribution is 0.456. The third-order valence-electron chi connectivity index (χ3n) is 2.21. The zero-order chi connectivity index (χ0) is 13.3. The van der Waals surface area contributed by atoms with E-state index in [1.54, 1.807) is 12.1 Å². The van der Waals surface area contributed by atoms with E-state index in [0.717, 1.165) is 5.69 Å². The zero-order valence-corrected chi connectivity index (χ0v) is 11.7. The largest absolute Gasteiger partial charge is 0.436 e. The van der Waals surface area contributed by atoms with Crippen LogP contribution in [0, 0.1) is 12.7 Å². The smallest absolute Gasteiger partial charge is 0.242 e. The average Bonchev–Trinajstić information content (AvgIpc) is 2.30. The van der Waals surface area contributed by atoms with Crippen molar-refractivity contribution < 1.29 is 9.13 Å². The van der Waals surface area contributed by atoms with Crippen LogP contribution in [0.25, 0.3) is 0 Å². The van der Waals surface area contributed by atoms with Crippen LogP contribution >= 0.6 is 27.5 Å². The molecule has 2 rings (SSSR count). The number of hydrogen-bond acceptors (Lipinski definition) is 3. The van der Waals surface area contributed by atoms with Crippen LogP contribution in [0.15, 0.2) is 28.7 Å². The maximum atomic E-state index is 13.4. The molecule has 18 heavy (non-hydrogen) atoms. The van der Waals surface area contributed by atoms with E-state index in [-0.39, 0.29) is 16.7 Å². The number of aryl methyl sites for hydroxylation is 1. The van der Waals surface area contributed by atoms with E-state index in [1.165, 1.54) is 12.1 Å². The lowest BCUT2D eigenvalue weighted by atomic mass is 10.3. The Kier molecular flexibility index (Phi) is 3.73. The number of anilines is 1. The van der Waals surface area contributed by atoms with Gasteiger partial charge in [-0.1, -0.05) is 11.6 Å². The molecule has 2 N–H and O–H groups in total. The summed E-state index contributed by atoms with van der Waals surface area (Å²) < 4.78 is 19.4. The summed E-state index contributed by atoms with van der Waals surface area (Å²) in [5, 5.41) is 0.0133. The van der Waals surface area contributed by atoms with Crippen molar-refractivity contribution in [1.29, 1.82) is 0 Å². The summed E-state index contributed by atoms with van der Waals surface area (Å²) in [6.45, 7) is 1.81. The number of rotatable bonds is 2. The first-order valence-electron chi connectivity index (χ1n) is 5.03. The van der Waals surface area contributed by atoms with Crippen molar-refractivity contribution >= 4 is 33.2 Å². The van der Waals surface area contributed by atoms with E-state index < -0.39 is 5.82 Å². The third kappa shape index (κ3) is 2.73. The number of benzene rings is 1. The molecule has 3 nitrogen and oxygen atoms in total. The van der Waals surface area contributed by atoms with Crippen molar-refractivity contribution in [2.45, 2.75) is 6.92 Å². The molecule has 0 aliphatic rings. The van der Waals surface area contributed by atoms with Crippen molar-refractivity contribution in [3.63, 3.8) is 0 Å². The molecule has 1 aromatic carbocycles. The van der Waals surface area contributed by atoms with Gasteiger partial charge in [0.2, 0.25) is 5.88 Å². The molecule has 6 heteroatoms. The van der Waals surface area contributed by atoms with Gasteiger partial charge in [-0.05, 0) is 41.1 Å². The highest BCUT2D eigenvalue weighted by molar-refractivity contribution is 9.10. The number of hydrogen-bond donors (Lipinski definition) is 1. The maximum Gasteiger partial charge on any atom is 0.242 e. The number of nitrogen functional groups attached to an aromatic ring is 1. The number of nitrogens with zero attached hydrogens (tertiary/aromatic N) is 1. The Morgan fingerprint density at radius 2 is 2.11 bits per heavy atom. The second kappa shape index (κ2) is 5.12. The Labute approximate surface area is 117 Å². The van der Waals surface area contributed by atoms with E-state index in [0.29, 0.717) is 10.2 Å². The average molecular weight is 332 g/mol. The van der Waals surface area contributed by atoms with Crippen LogP contribution in [0.1, 0.15) is 5.69 Å². The van der Waals surface area contributed by atoms with Gasteiger partial charge in [-0.25, -0.2) is 9.37 Å². The fourth-order valence-electron chi connectivity index (χ4n) is 1.31. The molecule has 2 aromatic rings. The lowest BCUT2D eigenvalue weighted by Crippen LogP contribution is -1.97. The first-order valence-corrected chi connectivity index (χ1v) is 6.20. The molecule has 0 saturated heterocycles. The van der Waals surface area contributed by atoms with Crippen LogP contribution < -0.4 is 10.5 Å². The Balaban J connectivity index is 2.40. The SMILES string of the molecule is Cc1ccc(N)c(Oc2cc(F)c(Cl)cc2Br)n1. The minimum Gasteiger partial charge on any atom is -0.436 e. The fraction of sp³-hybridized carbons (Fsp3) is 0.0833. The van der Waals surface area contributed by atoms with Crippen molar-refractivity contribution in [2.24, 2.45) is 0 Å². The van der Waals surface area contributed by atoms with Gasteiger partial charge in [0, 0.05) is 11.8 Å². The molecule has 0 spiro atoms. The topological polar surface area (TPSA) is 48.1 Å². The van der Waals surface area contributed by atoms with Crippen LogP contribution in [-0.4, -0.2) is 4.98 Å². The Morgan fingerprint density at radius 3 is 2.83 bits per heavy atom. The Morgan fingerprint density at radius 1 is 1.39 bits per heavy atom. The van der Waals surface area contributed by atoms with E-state index in [9.17, 15) is 4.39 Å². The highest BCUT2D eigenvalue weighted by Gasteiger charge is 2.11. The molecule has 0 aliphatic heterocycles. The number of pyridine rings is 1. The third-order valence-corrected chi connectivity index (χ3v) is 3.12. The summed E-state index contributed by atoms with van der Waals surface area (Å²) in [6.07, 6.45) is 0. The van der Waals surface area contributed by atoms with Gasteiger partial charge in [-0.15, -0.1) is 0 Å². The van der Waals surface area contributed by atoms with Crippen molar-refractivity contribution in [3.8, 4) is 11.6 Å². The Bertz CT molecular complexity index is 607. The molecule has 1 aromatic heterocycles. The van der Waals surface area contributed by atoms with Gasteiger partial charge in [0.25, 0.3) is 0 Å². The van der Waals surface area contributed by atoms with Crippen molar-refractivity contribution in [3.05, 3.63) is 45.3 Å². The second-order valence-electron chi connectivity index (χ2n) is 3.65. The zero-order valence-electron chi connectivity index (χ0n) is 9.38. The minimum absolute atomic E-state index is 0.0133. The first-order chi connectivity index (χ1) is 8.47.